The van der Waals surface area contributed by atoms with Crippen LogP contribution in [0.3, 0.4) is 0 Å². The third-order valence-electron chi connectivity index (χ3n) is 6.06. The molecule has 1 aromatic heterocycles. The largest absolute Gasteiger partial charge is 0.480 e. The molecule has 0 aliphatic heterocycles. The third-order valence-corrected chi connectivity index (χ3v) is 6.06. The number of aromatic nitrogens is 1. The number of urea groups is 1. The van der Waals surface area contributed by atoms with E-state index in [1.54, 1.807) is 18.9 Å². The lowest BCUT2D eigenvalue weighted by molar-refractivity contribution is -0.143. The van der Waals surface area contributed by atoms with Gasteiger partial charge in [-0.1, -0.05) is 64.1 Å². The lowest BCUT2D eigenvalue weighted by Gasteiger charge is -2.32. The number of benzene rings is 2. The Balaban J connectivity index is 1.94. The number of para-hydroxylation sites is 2. The van der Waals surface area contributed by atoms with E-state index >= 15 is 0 Å². The van der Waals surface area contributed by atoms with Crippen LogP contribution in [-0.2, 0) is 11.2 Å². The van der Waals surface area contributed by atoms with Gasteiger partial charge in [0.15, 0.2) is 0 Å². The Morgan fingerprint density at radius 1 is 1.03 bits per heavy atom. The molecular weight excluding hydrogens is 402 g/mol. The Morgan fingerprint density at radius 2 is 1.62 bits per heavy atom. The van der Waals surface area contributed by atoms with Gasteiger partial charge < -0.3 is 15.4 Å². The molecule has 0 aliphatic carbocycles. The summed E-state index contributed by atoms with van der Waals surface area (Å²) in [5, 5.41) is 13.8. The van der Waals surface area contributed by atoms with Crippen LogP contribution in [0.25, 0.3) is 10.9 Å². The maximum Gasteiger partial charge on any atom is 0.329 e. The van der Waals surface area contributed by atoms with E-state index in [0.29, 0.717) is 0 Å². The molecule has 1 unspecified atom stereocenters. The first-order valence-electron chi connectivity index (χ1n) is 11.0. The van der Waals surface area contributed by atoms with Crippen LogP contribution in [0.5, 0.6) is 0 Å². The summed E-state index contributed by atoms with van der Waals surface area (Å²) < 4.78 is 0. The molecule has 6 nitrogen and oxygen atoms in total. The van der Waals surface area contributed by atoms with Gasteiger partial charge >= 0.3 is 12.0 Å². The number of nitrogens with one attached hydrogen (secondary N) is 2. The number of amides is 2. The number of carboxylic acids is 1. The summed E-state index contributed by atoms with van der Waals surface area (Å²) in [4.78, 5) is 30.4. The number of H-pyrrole nitrogens is 1. The lowest BCUT2D eigenvalue weighted by atomic mass is 9.91. The summed E-state index contributed by atoms with van der Waals surface area (Å²) in [5.41, 5.74) is 3.27. The van der Waals surface area contributed by atoms with Crippen molar-refractivity contribution in [2.24, 2.45) is 0 Å². The molecular formula is C26H33N3O3. The van der Waals surface area contributed by atoms with Crippen molar-refractivity contribution < 1.29 is 14.7 Å². The number of carbonyl (C=O) groups is 2. The molecule has 32 heavy (non-hydrogen) atoms. The average molecular weight is 436 g/mol. The van der Waals surface area contributed by atoms with Crippen molar-refractivity contribution >= 4 is 28.6 Å². The number of rotatable bonds is 7. The standard InChI is InChI=1S/C26H33N3O3/c1-16(2)19-11-9-12-20(17(3)4)23(19)29(6)25(32)28-26(5,24(30)31)14-18-15-27-22-13-8-7-10-21(18)22/h7-13,15-17,27H,14H2,1-6H3,(H,28,32)(H,30,31). The van der Waals surface area contributed by atoms with Crippen molar-refractivity contribution in [3.05, 3.63) is 65.4 Å². The molecule has 0 saturated carbocycles. The minimum Gasteiger partial charge on any atom is -0.480 e. The van der Waals surface area contributed by atoms with Crippen molar-refractivity contribution in [1.82, 2.24) is 10.3 Å². The molecule has 3 aromatic rings. The van der Waals surface area contributed by atoms with Crippen molar-refractivity contribution in [2.45, 2.75) is 58.4 Å². The Bertz CT molecular complexity index is 1110. The topological polar surface area (TPSA) is 85.4 Å². The molecule has 3 N–H and O–H groups in total. The van der Waals surface area contributed by atoms with Crippen molar-refractivity contribution in [3.8, 4) is 0 Å². The summed E-state index contributed by atoms with van der Waals surface area (Å²) >= 11 is 0. The number of aliphatic carboxylic acids is 1. The maximum atomic E-state index is 13.3. The predicted molar refractivity (Wildman–Crippen MR) is 130 cm³/mol. The highest BCUT2D eigenvalue weighted by Gasteiger charge is 2.37. The number of anilines is 1. The average Bonchev–Trinajstić information content (AvgIpc) is 3.14. The highest BCUT2D eigenvalue weighted by Crippen LogP contribution is 2.35. The minimum absolute atomic E-state index is 0.161. The quantitative estimate of drug-likeness (QED) is 0.448. The Morgan fingerprint density at radius 3 is 2.19 bits per heavy atom. The van der Waals surface area contributed by atoms with E-state index in [1.807, 2.05) is 48.7 Å². The van der Waals surface area contributed by atoms with Gasteiger partial charge in [-0.3, -0.25) is 4.90 Å². The summed E-state index contributed by atoms with van der Waals surface area (Å²) in [6.07, 6.45) is 1.97. The molecule has 0 saturated heterocycles. The molecule has 2 amide bonds. The molecule has 0 aliphatic rings. The van der Waals surface area contributed by atoms with Crippen LogP contribution in [0.15, 0.2) is 48.7 Å². The first-order valence-corrected chi connectivity index (χ1v) is 11.0. The fraction of sp³-hybridized carbons (Fsp3) is 0.385. The van der Waals surface area contributed by atoms with Gasteiger partial charge in [-0.25, -0.2) is 9.59 Å². The predicted octanol–water partition coefficient (Wildman–Crippen LogP) is 5.65. The molecule has 1 heterocycles. The van der Waals surface area contributed by atoms with E-state index in [2.05, 4.69) is 38.0 Å². The molecule has 0 fully saturated rings. The van der Waals surface area contributed by atoms with Crippen LogP contribution < -0.4 is 10.2 Å². The molecule has 0 bridgehead atoms. The zero-order chi connectivity index (χ0) is 23.6. The Hall–Kier alpha value is -3.28. The van der Waals surface area contributed by atoms with Crippen LogP contribution in [0.4, 0.5) is 10.5 Å². The van der Waals surface area contributed by atoms with Crippen molar-refractivity contribution in [1.29, 1.82) is 0 Å². The van der Waals surface area contributed by atoms with Crippen LogP contribution >= 0.6 is 0 Å². The molecule has 6 heteroatoms. The molecule has 0 spiro atoms. The van der Waals surface area contributed by atoms with Gasteiger partial charge in [-0.2, -0.15) is 0 Å². The number of aromatic amines is 1. The van der Waals surface area contributed by atoms with Crippen LogP contribution in [0.2, 0.25) is 0 Å². The summed E-state index contributed by atoms with van der Waals surface area (Å²) in [5.74, 6) is -0.641. The number of carbonyl (C=O) groups excluding carboxylic acids is 1. The second-order valence-electron chi connectivity index (χ2n) is 9.26. The second-order valence-corrected chi connectivity index (χ2v) is 9.26. The fourth-order valence-corrected chi connectivity index (χ4v) is 4.15. The normalized spacial score (nSPS) is 13.4. The number of fused-ring (bicyclic) bond motifs is 1. The molecule has 2 aromatic carbocycles. The maximum absolute atomic E-state index is 13.3. The number of carboxylic acid groups (broad SMARTS) is 1. The number of nitrogens with zero attached hydrogens (tertiary/aromatic N) is 1. The Kier molecular flexibility index (Phi) is 6.63. The molecule has 0 radical (unpaired) electrons. The van der Waals surface area contributed by atoms with E-state index in [-0.39, 0.29) is 18.3 Å². The minimum atomic E-state index is -1.47. The fourth-order valence-electron chi connectivity index (χ4n) is 4.15. The van der Waals surface area contributed by atoms with E-state index in [9.17, 15) is 14.7 Å². The first kappa shape index (κ1) is 23.4. The molecule has 170 valence electrons. The number of hydrogen-bond donors (Lipinski definition) is 3. The highest BCUT2D eigenvalue weighted by atomic mass is 16.4. The molecule has 1 atom stereocenters. The van der Waals surface area contributed by atoms with Crippen molar-refractivity contribution in [3.63, 3.8) is 0 Å². The summed E-state index contributed by atoms with van der Waals surface area (Å²) in [7, 11) is 1.70. The zero-order valence-corrected chi connectivity index (χ0v) is 19.7. The molecule has 3 rings (SSSR count). The third kappa shape index (κ3) is 4.49. The first-order chi connectivity index (χ1) is 15.0. The van der Waals surface area contributed by atoms with E-state index in [1.165, 1.54) is 0 Å². The van der Waals surface area contributed by atoms with Crippen LogP contribution in [0, 0.1) is 0 Å². The summed E-state index contributed by atoms with van der Waals surface area (Å²) in [6.45, 7) is 9.92. The SMILES string of the molecule is CC(C)c1cccc(C(C)C)c1N(C)C(=O)NC(C)(Cc1c[nH]c2ccccc12)C(=O)O. The van der Waals surface area contributed by atoms with Gasteiger partial charge in [0.2, 0.25) is 0 Å². The van der Waals surface area contributed by atoms with E-state index in [4.69, 9.17) is 0 Å². The van der Waals surface area contributed by atoms with Gasteiger partial charge in [-0.15, -0.1) is 0 Å². The van der Waals surface area contributed by atoms with Crippen LogP contribution in [0.1, 0.15) is 63.1 Å². The summed E-state index contributed by atoms with van der Waals surface area (Å²) in [6, 6.07) is 13.4. The number of hydrogen-bond acceptors (Lipinski definition) is 2. The van der Waals surface area contributed by atoms with Gasteiger partial charge in [0.1, 0.15) is 5.54 Å². The smallest absolute Gasteiger partial charge is 0.329 e. The zero-order valence-electron chi connectivity index (χ0n) is 19.7. The monoisotopic (exact) mass is 435 g/mol. The lowest BCUT2D eigenvalue weighted by Crippen LogP contribution is -2.57. The highest BCUT2D eigenvalue weighted by molar-refractivity contribution is 5.97. The van der Waals surface area contributed by atoms with Gasteiger partial charge in [0, 0.05) is 30.6 Å². The van der Waals surface area contributed by atoms with E-state index < -0.39 is 17.5 Å². The second kappa shape index (κ2) is 9.07. The van der Waals surface area contributed by atoms with Gasteiger partial charge in [0.05, 0.1) is 5.69 Å². The van der Waals surface area contributed by atoms with Crippen LogP contribution in [-0.4, -0.2) is 34.7 Å². The van der Waals surface area contributed by atoms with Gasteiger partial charge in [-0.05, 0) is 41.5 Å². The Labute approximate surface area is 189 Å². The van der Waals surface area contributed by atoms with Gasteiger partial charge in [0.25, 0.3) is 0 Å². The van der Waals surface area contributed by atoms with Crippen molar-refractivity contribution in [2.75, 3.05) is 11.9 Å². The van der Waals surface area contributed by atoms with E-state index in [0.717, 1.165) is 33.3 Å².